The Bertz CT molecular complexity index is 795. The summed E-state index contributed by atoms with van der Waals surface area (Å²) in [5, 5.41) is 7.37. The number of carbonyl (C=O) groups is 1. The summed E-state index contributed by atoms with van der Waals surface area (Å²) in [5.41, 5.74) is 1.91. The Hall–Kier alpha value is -2.50. The molecule has 0 saturated carbocycles. The highest BCUT2D eigenvalue weighted by Gasteiger charge is 2.38. The molecule has 2 aliphatic rings. The van der Waals surface area contributed by atoms with Crippen molar-refractivity contribution in [1.82, 2.24) is 14.8 Å². The first-order chi connectivity index (χ1) is 10.6. The van der Waals surface area contributed by atoms with Crippen molar-refractivity contribution in [3.63, 3.8) is 0 Å². The first kappa shape index (κ1) is 13.2. The lowest BCUT2D eigenvalue weighted by atomic mass is 9.81. The van der Waals surface area contributed by atoms with Crippen LogP contribution < -0.4 is 5.32 Å². The molecule has 1 aromatic heterocycles. The number of ketones is 1. The maximum absolute atomic E-state index is 14.3. The number of anilines is 1. The molecule has 0 radical (unpaired) electrons. The third-order valence-corrected chi connectivity index (χ3v) is 4.27. The maximum atomic E-state index is 14.3. The highest BCUT2D eigenvalue weighted by atomic mass is 19.1. The standard InChI is InChI=1S/C16H15FN4O/c1-9-6-12-14(13(22)7-9)15(10-4-2-3-5-11(10)17)21-16(20-12)18-8-19-21/h2-5,8-9,15H,6-7H2,1H3,(H,18,19,20)/t9-,15+/m1/s1. The zero-order valence-corrected chi connectivity index (χ0v) is 12.1. The third-order valence-electron chi connectivity index (χ3n) is 4.27. The van der Waals surface area contributed by atoms with Crippen LogP contribution in [0.5, 0.6) is 0 Å². The van der Waals surface area contributed by atoms with Gasteiger partial charge in [0.2, 0.25) is 5.95 Å². The van der Waals surface area contributed by atoms with Crippen molar-refractivity contribution in [3.8, 4) is 0 Å². The van der Waals surface area contributed by atoms with Crippen LogP contribution in [0.25, 0.3) is 0 Å². The molecule has 6 heteroatoms. The first-order valence-electron chi connectivity index (χ1n) is 7.32. The fraction of sp³-hybridized carbons (Fsp3) is 0.312. The van der Waals surface area contributed by atoms with Crippen LogP contribution in [-0.2, 0) is 4.79 Å². The minimum atomic E-state index is -0.546. The summed E-state index contributed by atoms with van der Waals surface area (Å²) in [6.45, 7) is 2.04. The summed E-state index contributed by atoms with van der Waals surface area (Å²) in [7, 11) is 0. The molecule has 4 rings (SSSR count). The second-order valence-corrected chi connectivity index (χ2v) is 5.91. The van der Waals surface area contributed by atoms with Crippen LogP contribution in [0.1, 0.15) is 31.4 Å². The van der Waals surface area contributed by atoms with Gasteiger partial charge in [-0.05, 0) is 18.4 Å². The van der Waals surface area contributed by atoms with E-state index in [0.29, 0.717) is 23.5 Å². The fourth-order valence-corrected chi connectivity index (χ4v) is 3.33. The van der Waals surface area contributed by atoms with Gasteiger partial charge in [-0.2, -0.15) is 10.1 Å². The van der Waals surface area contributed by atoms with E-state index >= 15 is 0 Å². The molecule has 1 aromatic carbocycles. The van der Waals surface area contributed by atoms with Crippen LogP contribution in [0, 0.1) is 11.7 Å². The highest BCUT2D eigenvalue weighted by Crippen LogP contribution is 2.41. The summed E-state index contributed by atoms with van der Waals surface area (Å²) in [6.07, 6.45) is 2.66. The van der Waals surface area contributed by atoms with Crippen molar-refractivity contribution >= 4 is 11.7 Å². The Morgan fingerprint density at radius 3 is 2.95 bits per heavy atom. The molecule has 1 aliphatic carbocycles. The van der Waals surface area contributed by atoms with Gasteiger partial charge < -0.3 is 5.32 Å². The number of rotatable bonds is 1. The Kier molecular flexibility index (Phi) is 2.85. The molecule has 2 heterocycles. The predicted molar refractivity (Wildman–Crippen MR) is 78.6 cm³/mol. The normalized spacial score (nSPS) is 23.8. The number of nitrogens with one attached hydrogen (secondary N) is 1. The summed E-state index contributed by atoms with van der Waals surface area (Å²) in [4.78, 5) is 16.8. The van der Waals surface area contributed by atoms with Crippen molar-refractivity contribution in [3.05, 3.63) is 53.2 Å². The summed E-state index contributed by atoms with van der Waals surface area (Å²) < 4.78 is 15.9. The minimum absolute atomic E-state index is 0.0515. The largest absolute Gasteiger partial charge is 0.328 e. The summed E-state index contributed by atoms with van der Waals surface area (Å²) >= 11 is 0. The minimum Gasteiger partial charge on any atom is -0.328 e. The molecule has 1 N–H and O–H groups in total. The number of hydrogen-bond donors (Lipinski definition) is 1. The zero-order valence-electron chi connectivity index (χ0n) is 12.1. The molecule has 112 valence electrons. The van der Waals surface area contributed by atoms with Gasteiger partial charge in [0.1, 0.15) is 18.2 Å². The van der Waals surface area contributed by atoms with E-state index in [-0.39, 0.29) is 17.5 Å². The molecule has 0 amide bonds. The molecule has 2 atom stereocenters. The van der Waals surface area contributed by atoms with Crippen LogP contribution in [0.4, 0.5) is 10.3 Å². The van der Waals surface area contributed by atoms with E-state index in [4.69, 9.17) is 0 Å². The Morgan fingerprint density at radius 1 is 1.32 bits per heavy atom. The SMILES string of the molecule is C[C@H]1CC(=O)C2=C(C1)Nc1ncnn1[C@H]2c1ccccc1F. The molecule has 1 aliphatic heterocycles. The maximum Gasteiger partial charge on any atom is 0.226 e. The second-order valence-electron chi connectivity index (χ2n) is 5.91. The van der Waals surface area contributed by atoms with Crippen LogP contribution in [0.2, 0.25) is 0 Å². The fourth-order valence-electron chi connectivity index (χ4n) is 3.33. The van der Waals surface area contributed by atoms with Gasteiger partial charge in [-0.3, -0.25) is 4.79 Å². The molecule has 2 aromatic rings. The average molecular weight is 298 g/mol. The van der Waals surface area contributed by atoms with E-state index in [1.807, 2.05) is 6.92 Å². The summed E-state index contributed by atoms with van der Waals surface area (Å²) in [6, 6.07) is 5.97. The quantitative estimate of drug-likeness (QED) is 0.879. The Balaban J connectivity index is 1.94. The summed E-state index contributed by atoms with van der Waals surface area (Å²) in [5.74, 6) is 0.535. The molecule has 0 spiro atoms. The van der Waals surface area contributed by atoms with Crippen molar-refractivity contribution in [2.24, 2.45) is 5.92 Å². The third kappa shape index (κ3) is 1.87. The van der Waals surface area contributed by atoms with E-state index in [1.165, 1.54) is 12.4 Å². The van der Waals surface area contributed by atoms with Gasteiger partial charge in [0.15, 0.2) is 5.78 Å². The predicted octanol–water partition coefficient (Wildman–Crippen LogP) is 2.69. The van der Waals surface area contributed by atoms with E-state index in [1.54, 1.807) is 22.9 Å². The number of carbonyl (C=O) groups excluding carboxylic acids is 1. The number of nitrogens with zero attached hydrogens (tertiary/aromatic N) is 3. The smallest absolute Gasteiger partial charge is 0.226 e. The van der Waals surface area contributed by atoms with Crippen LogP contribution >= 0.6 is 0 Å². The lowest BCUT2D eigenvalue weighted by Crippen LogP contribution is -2.33. The Labute approximate surface area is 126 Å². The van der Waals surface area contributed by atoms with Gasteiger partial charge in [-0.15, -0.1) is 0 Å². The van der Waals surface area contributed by atoms with Crippen molar-refractivity contribution in [1.29, 1.82) is 0 Å². The first-order valence-corrected chi connectivity index (χ1v) is 7.32. The molecule has 0 bridgehead atoms. The van der Waals surface area contributed by atoms with Crippen LogP contribution in [0.15, 0.2) is 41.9 Å². The van der Waals surface area contributed by atoms with E-state index < -0.39 is 6.04 Å². The van der Waals surface area contributed by atoms with Gasteiger partial charge in [0, 0.05) is 23.3 Å². The highest BCUT2D eigenvalue weighted by molar-refractivity contribution is 5.99. The van der Waals surface area contributed by atoms with Crippen LogP contribution in [-0.4, -0.2) is 20.5 Å². The Morgan fingerprint density at radius 2 is 2.14 bits per heavy atom. The molecule has 0 fully saturated rings. The number of aromatic nitrogens is 3. The average Bonchev–Trinajstić information content (AvgIpc) is 2.93. The van der Waals surface area contributed by atoms with E-state index in [0.717, 1.165) is 12.1 Å². The van der Waals surface area contributed by atoms with Gasteiger partial charge in [0.05, 0.1) is 0 Å². The number of halogens is 1. The number of allylic oxidation sites excluding steroid dienone is 2. The molecule has 0 unspecified atom stereocenters. The van der Waals surface area contributed by atoms with Crippen molar-refractivity contribution in [2.45, 2.75) is 25.8 Å². The molecule has 0 saturated heterocycles. The number of Topliss-reactive ketones (excluding diaryl/α,β-unsaturated/α-hetero) is 1. The number of fused-ring (bicyclic) bond motifs is 1. The molecule has 22 heavy (non-hydrogen) atoms. The lowest BCUT2D eigenvalue weighted by Gasteiger charge is -2.34. The van der Waals surface area contributed by atoms with Gasteiger partial charge in [0.25, 0.3) is 0 Å². The van der Waals surface area contributed by atoms with E-state index in [9.17, 15) is 9.18 Å². The monoisotopic (exact) mass is 298 g/mol. The van der Waals surface area contributed by atoms with Crippen LogP contribution in [0.3, 0.4) is 0 Å². The van der Waals surface area contributed by atoms with E-state index in [2.05, 4.69) is 15.4 Å². The van der Waals surface area contributed by atoms with Gasteiger partial charge >= 0.3 is 0 Å². The second kappa shape index (κ2) is 4.76. The molecular weight excluding hydrogens is 283 g/mol. The molecular formula is C16H15FN4O. The van der Waals surface area contributed by atoms with Gasteiger partial charge in [-0.1, -0.05) is 25.1 Å². The van der Waals surface area contributed by atoms with Crippen molar-refractivity contribution in [2.75, 3.05) is 5.32 Å². The van der Waals surface area contributed by atoms with Crippen molar-refractivity contribution < 1.29 is 9.18 Å². The number of hydrogen-bond acceptors (Lipinski definition) is 4. The number of benzene rings is 1. The topological polar surface area (TPSA) is 59.8 Å². The molecule has 5 nitrogen and oxygen atoms in total. The van der Waals surface area contributed by atoms with Gasteiger partial charge in [-0.25, -0.2) is 9.07 Å². The lowest BCUT2D eigenvalue weighted by molar-refractivity contribution is -0.117. The zero-order chi connectivity index (χ0) is 15.3.